The van der Waals surface area contributed by atoms with Crippen molar-refractivity contribution in [2.75, 3.05) is 0 Å². The number of aliphatic hydroxyl groups excluding tert-OH is 1. The summed E-state index contributed by atoms with van der Waals surface area (Å²) in [4.78, 5) is 10.1. The minimum atomic E-state index is -1.03. The summed E-state index contributed by atoms with van der Waals surface area (Å²) in [6, 6.07) is 6.48. The van der Waals surface area contributed by atoms with E-state index < -0.39 is 6.10 Å². The number of halogens is 1. The summed E-state index contributed by atoms with van der Waals surface area (Å²) in [5.41, 5.74) is 0.560. The van der Waals surface area contributed by atoms with Crippen molar-refractivity contribution in [3.63, 3.8) is 0 Å². The minimum absolute atomic E-state index is 0.475. The van der Waals surface area contributed by atoms with Crippen molar-refractivity contribution in [2.45, 2.75) is 6.10 Å². The highest BCUT2D eigenvalue weighted by molar-refractivity contribution is 6.30. The fourth-order valence-electron chi connectivity index (χ4n) is 0.739. The van der Waals surface area contributed by atoms with Gasteiger partial charge in [0, 0.05) is 5.02 Å². The Labute approximate surface area is 69.4 Å². The maximum Gasteiger partial charge on any atom is 0.153 e. The van der Waals surface area contributed by atoms with E-state index in [2.05, 4.69) is 0 Å². The van der Waals surface area contributed by atoms with E-state index in [0.717, 1.165) is 0 Å². The average molecular weight is 171 g/mol. The Morgan fingerprint density at radius 2 is 1.91 bits per heavy atom. The van der Waals surface area contributed by atoms with Gasteiger partial charge in [-0.25, -0.2) is 0 Å². The van der Waals surface area contributed by atoms with Gasteiger partial charge in [0.25, 0.3) is 0 Å². The number of aldehydes is 1. The zero-order chi connectivity index (χ0) is 8.27. The van der Waals surface area contributed by atoms with Gasteiger partial charge in [-0.05, 0) is 17.7 Å². The molecule has 0 radical (unpaired) electrons. The molecule has 11 heavy (non-hydrogen) atoms. The van der Waals surface area contributed by atoms with Gasteiger partial charge < -0.3 is 9.90 Å². The average Bonchev–Trinajstić information content (AvgIpc) is 2.05. The molecule has 0 heterocycles. The molecule has 0 aliphatic rings. The monoisotopic (exact) mass is 170 g/mol. The van der Waals surface area contributed by atoms with Gasteiger partial charge in [-0.3, -0.25) is 0 Å². The van der Waals surface area contributed by atoms with Crippen LogP contribution in [-0.2, 0) is 4.79 Å². The second kappa shape index (κ2) is 3.51. The Morgan fingerprint density at radius 1 is 1.36 bits per heavy atom. The lowest BCUT2D eigenvalue weighted by atomic mass is 10.1. The van der Waals surface area contributed by atoms with Crippen molar-refractivity contribution in [1.82, 2.24) is 0 Å². The zero-order valence-corrected chi connectivity index (χ0v) is 6.45. The molecule has 1 atom stereocenters. The Morgan fingerprint density at radius 3 is 2.36 bits per heavy atom. The van der Waals surface area contributed by atoms with Gasteiger partial charge in [0.1, 0.15) is 6.10 Å². The van der Waals surface area contributed by atoms with Crippen LogP contribution in [0.25, 0.3) is 0 Å². The van der Waals surface area contributed by atoms with Crippen LogP contribution >= 0.6 is 11.6 Å². The Balaban J connectivity index is 2.89. The van der Waals surface area contributed by atoms with Crippen LogP contribution in [0.15, 0.2) is 24.3 Å². The number of aliphatic hydroxyl groups is 1. The first-order chi connectivity index (χ1) is 5.24. The SMILES string of the molecule is O=C[C@@H](O)c1ccc(Cl)cc1. The number of benzene rings is 1. The zero-order valence-electron chi connectivity index (χ0n) is 5.70. The van der Waals surface area contributed by atoms with Crippen molar-refractivity contribution < 1.29 is 9.90 Å². The summed E-state index contributed by atoms with van der Waals surface area (Å²) in [5, 5.41) is 9.60. The molecule has 0 aliphatic carbocycles. The van der Waals surface area contributed by atoms with E-state index in [1.54, 1.807) is 24.3 Å². The highest BCUT2D eigenvalue weighted by atomic mass is 35.5. The van der Waals surface area contributed by atoms with Crippen molar-refractivity contribution in [1.29, 1.82) is 0 Å². The minimum Gasteiger partial charge on any atom is -0.381 e. The van der Waals surface area contributed by atoms with Crippen molar-refractivity contribution in [3.8, 4) is 0 Å². The molecule has 0 saturated carbocycles. The van der Waals surface area contributed by atoms with Crippen LogP contribution in [0, 0.1) is 0 Å². The standard InChI is InChI=1S/C8H7ClO2/c9-7-3-1-6(2-4-7)8(11)5-10/h1-5,8,11H/t8-/m1/s1. The predicted octanol–water partition coefficient (Wildman–Crippen LogP) is 1.57. The van der Waals surface area contributed by atoms with Gasteiger partial charge in [-0.2, -0.15) is 0 Å². The number of carbonyl (C=O) groups excluding carboxylic acids is 1. The molecule has 0 unspecified atom stereocenters. The lowest BCUT2D eigenvalue weighted by molar-refractivity contribution is -0.115. The molecule has 3 heteroatoms. The first kappa shape index (κ1) is 8.24. The summed E-state index contributed by atoms with van der Waals surface area (Å²) in [6.07, 6.45) is -0.560. The predicted molar refractivity (Wildman–Crippen MR) is 42.5 cm³/mol. The summed E-state index contributed by atoms with van der Waals surface area (Å²) >= 11 is 5.59. The van der Waals surface area contributed by atoms with Crippen LogP contribution < -0.4 is 0 Å². The summed E-state index contributed by atoms with van der Waals surface area (Å²) in [7, 11) is 0. The molecule has 1 N–H and O–H groups in total. The molecule has 0 amide bonds. The van der Waals surface area contributed by atoms with Gasteiger partial charge in [0.15, 0.2) is 6.29 Å². The van der Waals surface area contributed by atoms with Crippen LogP contribution in [0.3, 0.4) is 0 Å². The third-order valence-corrected chi connectivity index (χ3v) is 1.59. The van der Waals surface area contributed by atoms with E-state index in [4.69, 9.17) is 16.7 Å². The summed E-state index contributed by atoms with van der Waals surface area (Å²) in [6.45, 7) is 0. The Kier molecular flexibility index (Phi) is 2.63. The van der Waals surface area contributed by atoms with E-state index in [1.165, 1.54) is 0 Å². The fraction of sp³-hybridized carbons (Fsp3) is 0.125. The maximum atomic E-state index is 10.1. The van der Waals surface area contributed by atoms with E-state index in [1.807, 2.05) is 0 Å². The molecule has 0 saturated heterocycles. The van der Waals surface area contributed by atoms with Crippen LogP contribution in [0.5, 0.6) is 0 Å². The molecular weight excluding hydrogens is 164 g/mol. The number of carbonyl (C=O) groups is 1. The smallest absolute Gasteiger partial charge is 0.153 e. The van der Waals surface area contributed by atoms with Gasteiger partial charge >= 0.3 is 0 Å². The fourth-order valence-corrected chi connectivity index (χ4v) is 0.865. The van der Waals surface area contributed by atoms with Crippen molar-refractivity contribution >= 4 is 17.9 Å². The second-order valence-electron chi connectivity index (χ2n) is 2.13. The molecule has 0 aliphatic heterocycles. The largest absolute Gasteiger partial charge is 0.381 e. The number of hydrogen-bond acceptors (Lipinski definition) is 2. The lowest BCUT2D eigenvalue weighted by Crippen LogP contribution is -1.96. The first-order valence-electron chi connectivity index (χ1n) is 3.13. The molecule has 2 nitrogen and oxygen atoms in total. The highest BCUT2D eigenvalue weighted by Gasteiger charge is 2.03. The highest BCUT2D eigenvalue weighted by Crippen LogP contribution is 2.14. The molecule has 0 fully saturated rings. The van der Waals surface area contributed by atoms with E-state index in [-0.39, 0.29) is 0 Å². The third-order valence-electron chi connectivity index (χ3n) is 1.34. The van der Waals surface area contributed by atoms with Gasteiger partial charge in [-0.15, -0.1) is 0 Å². The molecular formula is C8H7ClO2. The van der Waals surface area contributed by atoms with E-state index in [0.29, 0.717) is 16.9 Å². The van der Waals surface area contributed by atoms with Crippen LogP contribution in [0.2, 0.25) is 5.02 Å². The Hall–Kier alpha value is -0.860. The third kappa shape index (κ3) is 2.03. The maximum absolute atomic E-state index is 10.1. The van der Waals surface area contributed by atoms with Crippen LogP contribution in [0.4, 0.5) is 0 Å². The van der Waals surface area contributed by atoms with Crippen LogP contribution in [0.1, 0.15) is 11.7 Å². The van der Waals surface area contributed by atoms with Gasteiger partial charge in [0.2, 0.25) is 0 Å². The normalized spacial score (nSPS) is 12.5. The molecule has 1 rings (SSSR count). The number of hydrogen-bond donors (Lipinski definition) is 1. The van der Waals surface area contributed by atoms with E-state index >= 15 is 0 Å². The van der Waals surface area contributed by atoms with Crippen molar-refractivity contribution in [2.24, 2.45) is 0 Å². The first-order valence-corrected chi connectivity index (χ1v) is 3.50. The van der Waals surface area contributed by atoms with Crippen molar-refractivity contribution in [3.05, 3.63) is 34.9 Å². The van der Waals surface area contributed by atoms with E-state index in [9.17, 15) is 4.79 Å². The quantitative estimate of drug-likeness (QED) is 0.685. The molecule has 0 bridgehead atoms. The molecule has 58 valence electrons. The second-order valence-corrected chi connectivity index (χ2v) is 2.57. The molecule has 1 aromatic rings. The van der Waals surface area contributed by atoms with Gasteiger partial charge in [-0.1, -0.05) is 23.7 Å². The van der Waals surface area contributed by atoms with Crippen LogP contribution in [-0.4, -0.2) is 11.4 Å². The molecule has 0 spiro atoms. The molecule has 1 aromatic carbocycles. The summed E-state index contributed by atoms with van der Waals surface area (Å²) < 4.78 is 0. The van der Waals surface area contributed by atoms with Gasteiger partial charge in [0.05, 0.1) is 0 Å². The number of rotatable bonds is 2. The topological polar surface area (TPSA) is 37.3 Å². The molecule has 0 aromatic heterocycles. The lowest BCUT2D eigenvalue weighted by Gasteiger charge is -2.01. The Bertz CT molecular complexity index is 243. The summed E-state index contributed by atoms with van der Waals surface area (Å²) in [5.74, 6) is 0.